The molecule has 2 aromatic rings. The number of nitriles is 1. The molecule has 1 aliphatic heterocycles. The van der Waals surface area contributed by atoms with E-state index in [0.29, 0.717) is 11.6 Å². The van der Waals surface area contributed by atoms with Crippen LogP contribution < -0.4 is 4.74 Å². The summed E-state index contributed by atoms with van der Waals surface area (Å²) in [6, 6.07) is 10.5. The molecule has 1 atom stereocenters. The summed E-state index contributed by atoms with van der Waals surface area (Å²) in [5.74, 6) is 0.859. The van der Waals surface area contributed by atoms with Crippen molar-refractivity contribution in [1.29, 1.82) is 5.26 Å². The van der Waals surface area contributed by atoms with Gasteiger partial charge in [0.05, 0.1) is 18.7 Å². The van der Waals surface area contributed by atoms with Gasteiger partial charge in [-0.25, -0.2) is 0 Å². The third-order valence-corrected chi connectivity index (χ3v) is 5.18. The molecule has 0 fully saturated rings. The van der Waals surface area contributed by atoms with E-state index in [1.54, 1.807) is 13.2 Å². The van der Waals surface area contributed by atoms with Crippen molar-refractivity contribution in [3.8, 4) is 11.8 Å². The standard InChI is InChI=1S/C17H18N2OS/c1-12-15-6-8-21-17(15)5-7-19(12)11-14-9-13(10-18)3-4-16(14)20-2/h3-4,6,8-9,12H,5,7,11H2,1-2H3. The van der Waals surface area contributed by atoms with Crippen LogP contribution in [0.15, 0.2) is 29.6 Å². The van der Waals surface area contributed by atoms with Gasteiger partial charge in [-0.15, -0.1) is 11.3 Å². The Balaban J connectivity index is 1.86. The number of ether oxygens (including phenoxy) is 1. The van der Waals surface area contributed by atoms with Crippen molar-refractivity contribution in [2.75, 3.05) is 13.7 Å². The largest absolute Gasteiger partial charge is 0.496 e. The van der Waals surface area contributed by atoms with Crippen molar-refractivity contribution < 1.29 is 4.74 Å². The summed E-state index contributed by atoms with van der Waals surface area (Å²) in [5, 5.41) is 11.3. The van der Waals surface area contributed by atoms with Crippen LogP contribution in [0.25, 0.3) is 0 Å². The average molecular weight is 298 g/mol. The number of benzene rings is 1. The number of thiophene rings is 1. The van der Waals surface area contributed by atoms with E-state index in [1.807, 2.05) is 23.5 Å². The molecule has 1 aromatic carbocycles. The van der Waals surface area contributed by atoms with Gasteiger partial charge in [0.2, 0.25) is 0 Å². The van der Waals surface area contributed by atoms with Crippen LogP contribution in [0.2, 0.25) is 0 Å². The third kappa shape index (κ3) is 2.67. The Kier molecular flexibility index (Phi) is 3.96. The Morgan fingerprint density at radius 2 is 2.29 bits per heavy atom. The minimum absolute atomic E-state index is 0.412. The molecular formula is C17H18N2OS. The first-order valence-corrected chi connectivity index (χ1v) is 7.98. The van der Waals surface area contributed by atoms with E-state index in [0.717, 1.165) is 30.8 Å². The van der Waals surface area contributed by atoms with Crippen LogP contribution in [0.1, 0.15) is 34.5 Å². The lowest BCUT2D eigenvalue weighted by Crippen LogP contribution is -2.32. The molecule has 0 N–H and O–H groups in total. The molecule has 1 unspecified atom stereocenters. The number of hydrogen-bond acceptors (Lipinski definition) is 4. The first-order valence-electron chi connectivity index (χ1n) is 7.10. The molecule has 0 saturated carbocycles. The van der Waals surface area contributed by atoms with E-state index < -0.39 is 0 Å². The van der Waals surface area contributed by atoms with Crippen molar-refractivity contribution in [3.63, 3.8) is 0 Å². The molecule has 0 aliphatic carbocycles. The van der Waals surface area contributed by atoms with Crippen LogP contribution in [-0.2, 0) is 13.0 Å². The lowest BCUT2D eigenvalue weighted by molar-refractivity contribution is 0.189. The second-order valence-electron chi connectivity index (χ2n) is 5.33. The van der Waals surface area contributed by atoms with E-state index in [4.69, 9.17) is 10.00 Å². The Bertz CT molecular complexity index is 686. The maximum absolute atomic E-state index is 9.08. The quantitative estimate of drug-likeness (QED) is 0.866. The van der Waals surface area contributed by atoms with E-state index in [-0.39, 0.29) is 0 Å². The van der Waals surface area contributed by atoms with Gasteiger partial charge in [-0.05, 0) is 48.6 Å². The highest BCUT2D eigenvalue weighted by Crippen LogP contribution is 2.34. The van der Waals surface area contributed by atoms with Crippen molar-refractivity contribution in [3.05, 3.63) is 51.2 Å². The molecule has 0 radical (unpaired) electrons. The Hall–Kier alpha value is -1.83. The molecule has 1 aromatic heterocycles. The maximum atomic E-state index is 9.08. The molecule has 4 heteroatoms. The fourth-order valence-corrected chi connectivity index (χ4v) is 3.93. The molecule has 3 rings (SSSR count). The van der Waals surface area contributed by atoms with E-state index in [1.165, 1.54) is 10.4 Å². The third-order valence-electron chi connectivity index (χ3n) is 4.19. The highest BCUT2D eigenvalue weighted by atomic mass is 32.1. The van der Waals surface area contributed by atoms with Crippen molar-refractivity contribution in [2.45, 2.75) is 25.9 Å². The van der Waals surface area contributed by atoms with Crippen LogP contribution in [0.4, 0.5) is 0 Å². The molecule has 0 saturated heterocycles. The highest BCUT2D eigenvalue weighted by molar-refractivity contribution is 7.10. The Morgan fingerprint density at radius 3 is 3.05 bits per heavy atom. The van der Waals surface area contributed by atoms with Crippen molar-refractivity contribution in [1.82, 2.24) is 4.90 Å². The van der Waals surface area contributed by atoms with Gasteiger partial charge in [0.25, 0.3) is 0 Å². The summed E-state index contributed by atoms with van der Waals surface area (Å²) in [6.07, 6.45) is 1.11. The van der Waals surface area contributed by atoms with Gasteiger partial charge in [-0.1, -0.05) is 0 Å². The van der Waals surface area contributed by atoms with Crippen LogP contribution in [0.3, 0.4) is 0 Å². The number of nitrogens with zero attached hydrogens (tertiary/aromatic N) is 2. The zero-order valence-corrected chi connectivity index (χ0v) is 13.1. The normalized spacial score (nSPS) is 18.0. The van der Waals surface area contributed by atoms with Gasteiger partial charge >= 0.3 is 0 Å². The van der Waals surface area contributed by atoms with Gasteiger partial charge in [0.1, 0.15) is 5.75 Å². The van der Waals surface area contributed by atoms with Gasteiger partial charge in [-0.2, -0.15) is 5.26 Å². The molecule has 108 valence electrons. The van der Waals surface area contributed by atoms with Crippen LogP contribution in [0.5, 0.6) is 5.75 Å². The zero-order valence-electron chi connectivity index (χ0n) is 12.3. The molecule has 0 amide bonds. The SMILES string of the molecule is COc1ccc(C#N)cc1CN1CCc2sccc2C1C. The van der Waals surface area contributed by atoms with Crippen molar-refractivity contribution in [2.24, 2.45) is 0 Å². The fourth-order valence-electron chi connectivity index (χ4n) is 2.97. The van der Waals surface area contributed by atoms with Gasteiger partial charge < -0.3 is 4.74 Å². The molecule has 0 bridgehead atoms. The summed E-state index contributed by atoms with van der Waals surface area (Å²) >= 11 is 1.86. The fraction of sp³-hybridized carbons (Fsp3) is 0.353. The zero-order chi connectivity index (χ0) is 14.8. The number of rotatable bonds is 3. The summed E-state index contributed by atoms with van der Waals surface area (Å²) in [4.78, 5) is 3.96. The number of methoxy groups -OCH3 is 1. The van der Waals surface area contributed by atoms with Gasteiger partial charge in [0.15, 0.2) is 0 Å². The first-order chi connectivity index (χ1) is 10.2. The maximum Gasteiger partial charge on any atom is 0.123 e. The lowest BCUT2D eigenvalue weighted by atomic mass is 10.00. The Morgan fingerprint density at radius 1 is 1.43 bits per heavy atom. The monoisotopic (exact) mass is 298 g/mol. The molecule has 1 aliphatic rings. The molecular weight excluding hydrogens is 280 g/mol. The van der Waals surface area contributed by atoms with Crippen molar-refractivity contribution >= 4 is 11.3 Å². The predicted octanol–water partition coefficient (Wildman–Crippen LogP) is 3.75. The summed E-state index contributed by atoms with van der Waals surface area (Å²) < 4.78 is 5.44. The number of fused-ring (bicyclic) bond motifs is 1. The highest BCUT2D eigenvalue weighted by Gasteiger charge is 2.25. The number of hydrogen-bond donors (Lipinski definition) is 0. The Labute approximate surface area is 129 Å². The predicted molar refractivity (Wildman–Crippen MR) is 84.6 cm³/mol. The van der Waals surface area contributed by atoms with Gasteiger partial charge in [-0.3, -0.25) is 4.90 Å². The second-order valence-corrected chi connectivity index (χ2v) is 6.33. The van der Waals surface area contributed by atoms with Crippen LogP contribution in [-0.4, -0.2) is 18.6 Å². The minimum Gasteiger partial charge on any atom is -0.496 e. The van der Waals surface area contributed by atoms with E-state index >= 15 is 0 Å². The summed E-state index contributed by atoms with van der Waals surface area (Å²) in [6.45, 7) is 4.12. The molecule has 3 nitrogen and oxygen atoms in total. The molecule has 21 heavy (non-hydrogen) atoms. The second kappa shape index (κ2) is 5.88. The van der Waals surface area contributed by atoms with Gasteiger partial charge in [0, 0.05) is 29.6 Å². The van der Waals surface area contributed by atoms with E-state index in [9.17, 15) is 0 Å². The molecule has 2 heterocycles. The van der Waals surface area contributed by atoms with Crippen LogP contribution in [0, 0.1) is 11.3 Å². The molecule has 0 spiro atoms. The lowest BCUT2D eigenvalue weighted by Gasteiger charge is -2.33. The van der Waals surface area contributed by atoms with E-state index in [2.05, 4.69) is 29.3 Å². The smallest absolute Gasteiger partial charge is 0.123 e. The summed E-state index contributed by atoms with van der Waals surface area (Å²) in [7, 11) is 1.68. The summed E-state index contributed by atoms with van der Waals surface area (Å²) in [5.41, 5.74) is 3.22. The minimum atomic E-state index is 0.412. The van der Waals surface area contributed by atoms with Crippen LogP contribution >= 0.6 is 11.3 Å². The first kappa shape index (κ1) is 14.1. The topological polar surface area (TPSA) is 36.3 Å². The average Bonchev–Trinajstić information content (AvgIpc) is 2.99.